The van der Waals surface area contributed by atoms with Crippen LogP contribution in [-0.2, 0) is 22.6 Å². The predicted octanol–water partition coefficient (Wildman–Crippen LogP) is 3.16. The molecule has 3 aromatic rings. The highest BCUT2D eigenvalue weighted by molar-refractivity contribution is 5.81. The fourth-order valence-corrected chi connectivity index (χ4v) is 2.57. The number of aliphatic carboxylic acids is 1. The molecule has 1 aromatic heterocycles. The van der Waals surface area contributed by atoms with Gasteiger partial charge in [-0.25, -0.2) is 9.59 Å². The molecule has 1 unspecified atom stereocenters. The number of hydrogen-bond donors (Lipinski definition) is 2. The van der Waals surface area contributed by atoms with Crippen LogP contribution in [0.25, 0.3) is 10.9 Å². The van der Waals surface area contributed by atoms with Crippen molar-refractivity contribution < 1.29 is 19.4 Å². The van der Waals surface area contributed by atoms with E-state index >= 15 is 0 Å². The van der Waals surface area contributed by atoms with E-state index in [4.69, 9.17) is 4.74 Å². The van der Waals surface area contributed by atoms with Crippen molar-refractivity contribution in [2.24, 2.45) is 0 Å². The van der Waals surface area contributed by atoms with Crippen LogP contribution < -0.4 is 5.32 Å². The molecule has 0 bridgehead atoms. The van der Waals surface area contributed by atoms with Crippen molar-refractivity contribution >= 4 is 23.0 Å². The Morgan fingerprint density at radius 2 is 1.77 bits per heavy atom. The van der Waals surface area contributed by atoms with Gasteiger partial charge >= 0.3 is 12.1 Å². The summed E-state index contributed by atoms with van der Waals surface area (Å²) in [4.78, 5) is 27.7. The van der Waals surface area contributed by atoms with Gasteiger partial charge < -0.3 is 15.2 Å². The maximum atomic E-state index is 11.9. The third kappa shape index (κ3) is 4.57. The van der Waals surface area contributed by atoms with E-state index < -0.39 is 18.1 Å². The lowest BCUT2D eigenvalue weighted by Crippen LogP contribution is -2.42. The highest BCUT2D eigenvalue weighted by Crippen LogP contribution is 2.14. The zero-order valence-corrected chi connectivity index (χ0v) is 14.0. The minimum absolute atomic E-state index is 0.0799. The van der Waals surface area contributed by atoms with Gasteiger partial charge in [-0.3, -0.25) is 4.98 Å². The molecule has 1 amide bonds. The standard InChI is InChI=1S/C20H18N2O4/c23-19(24)18(22-20(25)26-13-14-6-2-1-3-7-14)11-15-10-16-8-4-5-9-17(16)21-12-15/h1-10,12,18H,11,13H2,(H,22,25)(H,23,24). The van der Waals surface area contributed by atoms with E-state index in [1.807, 2.05) is 60.7 Å². The lowest BCUT2D eigenvalue weighted by molar-refractivity contribution is -0.139. The molecule has 3 rings (SSSR count). The van der Waals surface area contributed by atoms with Crippen LogP contribution >= 0.6 is 0 Å². The van der Waals surface area contributed by atoms with Gasteiger partial charge in [-0.05, 0) is 23.3 Å². The highest BCUT2D eigenvalue weighted by atomic mass is 16.5. The second-order valence-corrected chi connectivity index (χ2v) is 5.84. The van der Waals surface area contributed by atoms with Gasteiger partial charge in [0.2, 0.25) is 0 Å². The smallest absolute Gasteiger partial charge is 0.408 e. The van der Waals surface area contributed by atoms with Crippen LogP contribution in [0, 0.1) is 0 Å². The number of carboxylic acids is 1. The van der Waals surface area contributed by atoms with Crippen LogP contribution in [0.3, 0.4) is 0 Å². The number of para-hydroxylation sites is 1. The molecule has 0 aliphatic carbocycles. The van der Waals surface area contributed by atoms with Crippen LogP contribution in [0.4, 0.5) is 4.79 Å². The quantitative estimate of drug-likeness (QED) is 0.713. The molecule has 0 aliphatic rings. The Labute approximate surface area is 150 Å². The monoisotopic (exact) mass is 350 g/mol. The second-order valence-electron chi connectivity index (χ2n) is 5.84. The summed E-state index contributed by atoms with van der Waals surface area (Å²) >= 11 is 0. The third-order valence-corrected chi connectivity index (χ3v) is 3.89. The summed E-state index contributed by atoms with van der Waals surface area (Å²) in [6.45, 7) is 0.0799. The van der Waals surface area contributed by atoms with Gasteiger partial charge in [-0.15, -0.1) is 0 Å². The van der Waals surface area contributed by atoms with Crippen LogP contribution in [-0.4, -0.2) is 28.2 Å². The van der Waals surface area contributed by atoms with Crippen LogP contribution in [0.2, 0.25) is 0 Å². The van der Waals surface area contributed by atoms with Gasteiger partial charge in [0.1, 0.15) is 12.6 Å². The number of fused-ring (bicyclic) bond motifs is 1. The van der Waals surface area contributed by atoms with E-state index in [0.29, 0.717) is 0 Å². The topological polar surface area (TPSA) is 88.5 Å². The highest BCUT2D eigenvalue weighted by Gasteiger charge is 2.21. The molecule has 0 spiro atoms. The molecular formula is C20H18N2O4. The number of aromatic nitrogens is 1. The summed E-state index contributed by atoms with van der Waals surface area (Å²) in [6.07, 6.45) is 0.970. The molecule has 0 saturated heterocycles. The Morgan fingerprint density at radius 1 is 1.04 bits per heavy atom. The summed E-state index contributed by atoms with van der Waals surface area (Å²) in [5, 5.41) is 12.7. The Kier molecular flexibility index (Phi) is 5.43. The second kappa shape index (κ2) is 8.11. The van der Waals surface area contributed by atoms with Crippen molar-refractivity contribution in [1.29, 1.82) is 0 Å². The zero-order valence-electron chi connectivity index (χ0n) is 14.0. The Bertz CT molecular complexity index is 912. The normalized spacial score (nSPS) is 11.7. The van der Waals surface area contributed by atoms with Crippen molar-refractivity contribution in [2.75, 3.05) is 0 Å². The number of amides is 1. The molecule has 0 saturated carbocycles. The SMILES string of the molecule is O=C(NC(Cc1cnc2ccccc2c1)C(=O)O)OCc1ccccc1. The molecule has 6 nitrogen and oxygen atoms in total. The van der Waals surface area contributed by atoms with E-state index in [9.17, 15) is 14.7 Å². The van der Waals surface area contributed by atoms with Gasteiger partial charge in [0.25, 0.3) is 0 Å². The van der Waals surface area contributed by atoms with Crippen molar-refractivity contribution in [3.8, 4) is 0 Å². The first-order chi connectivity index (χ1) is 12.6. The number of carbonyl (C=O) groups excluding carboxylic acids is 1. The van der Waals surface area contributed by atoms with Crippen LogP contribution in [0.1, 0.15) is 11.1 Å². The van der Waals surface area contributed by atoms with E-state index in [1.54, 1.807) is 6.20 Å². The summed E-state index contributed by atoms with van der Waals surface area (Å²) in [5.74, 6) is -1.13. The average Bonchev–Trinajstić information content (AvgIpc) is 2.66. The molecule has 1 atom stereocenters. The molecular weight excluding hydrogens is 332 g/mol. The number of benzene rings is 2. The number of rotatable bonds is 6. The number of ether oxygens (including phenoxy) is 1. The molecule has 0 fully saturated rings. The lowest BCUT2D eigenvalue weighted by Gasteiger charge is -2.15. The first kappa shape index (κ1) is 17.4. The number of alkyl carbamates (subject to hydrolysis) is 1. The summed E-state index contributed by atoms with van der Waals surface area (Å²) < 4.78 is 5.09. The molecule has 0 radical (unpaired) electrons. The number of pyridine rings is 1. The van der Waals surface area contributed by atoms with E-state index in [-0.39, 0.29) is 13.0 Å². The van der Waals surface area contributed by atoms with Gasteiger partial charge in [0, 0.05) is 18.0 Å². The molecule has 0 aliphatic heterocycles. The van der Waals surface area contributed by atoms with E-state index in [1.165, 1.54) is 0 Å². The Balaban J connectivity index is 1.62. The van der Waals surface area contributed by atoms with Gasteiger partial charge in [0.05, 0.1) is 5.52 Å². The van der Waals surface area contributed by atoms with E-state index in [2.05, 4.69) is 10.3 Å². The van der Waals surface area contributed by atoms with Crippen LogP contribution in [0.15, 0.2) is 66.9 Å². The first-order valence-electron chi connectivity index (χ1n) is 8.15. The third-order valence-electron chi connectivity index (χ3n) is 3.89. The first-order valence-corrected chi connectivity index (χ1v) is 8.15. The van der Waals surface area contributed by atoms with Gasteiger partial charge in [-0.2, -0.15) is 0 Å². The maximum absolute atomic E-state index is 11.9. The predicted molar refractivity (Wildman–Crippen MR) is 96.6 cm³/mol. The van der Waals surface area contributed by atoms with Crippen molar-refractivity contribution in [3.63, 3.8) is 0 Å². The Hall–Kier alpha value is -3.41. The maximum Gasteiger partial charge on any atom is 0.408 e. The van der Waals surface area contributed by atoms with E-state index in [0.717, 1.165) is 22.0 Å². The van der Waals surface area contributed by atoms with Crippen molar-refractivity contribution in [3.05, 3.63) is 78.0 Å². The summed E-state index contributed by atoms with van der Waals surface area (Å²) in [5.41, 5.74) is 2.38. The number of hydrogen-bond acceptors (Lipinski definition) is 4. The van der Waals surface area contributed by atoms with Crippen LogP contribution in [0.5, 0.6) is 0 Å². The fourth-order valence-electron chi connectivity index (χ4n) is 2.57. The molecule has 1 heterocycles. The number of carboxylic acid groups (broad SMARTS) is 1. The fraction of sp³-hybridized carbons (Fsp3) is 0.150. The molecule has 132 valence electrons. The molecule has 26 heavy (non-hydrogen) atoms. The largest absolute Gasteiger partial charge is 0.480 e. The molecule has 6 heteroatoms. The molecule has 2 N–H and O–H groups in total. The molecule has 2 aromatic carbocycles. The minimum atomic E-state index is -1.13. The minimum Gasteiger partial charge on any atom is -0.480 e. The summed E-state index contributed by atoms with van der Waals surface area (Å²) in [6, 6.07) is 17.5. The lowest BCUT2D eigenvalue weighted by atomic mass is 10.1. The summed E-state index contributed by atoms with van der Waals surface area (Å²) in [7, 11) is 0. The van der Waals surface area contributed by atoms with Crippen molar-refractivity contribution in [2.45, 2.75) is 19.1 Å². The van der Waals surface area contributed by atoms with Crippen molar-refractivity contribution in [1.82, 2.24) is 10.3 Å². The number of nitrogens with zero attached hydrogens (tertiary/aromatic N) is 1. The Morgan fingerprint density at radius 3 is 2.54 bits per heavy atom. The number of carbonyl (C=O) groups is 2. The average molecular weight is 350 g/mol. The number of nitrogens with one attached hydrogen (secondary N) is 1. The van der Waals surface area contributed by atoms with Gasteiger partial charge in [-0.1, -0.05) is 48.5 Å². The zero-order chi connectivity index (χ0) is 18.4. The van der Waals surface area contributed by atoms with Gasteiger partial charge in [0.15, 0.2) is 0 Å².